The van der Waals surface area contributed by atoms with Crippen LogP contribution in [-0.2, 0) is 11.3 Å². The molecule has 4 rings (SSSR count). The molecular formula is C24H23BrN2O3. The molecule has 0 spiro atoms. The zero-order valence-electron chi connectivity index (χ0n) is 16.5. The third-order valence-corrected chi connectivity index (χ3v) is 5.92. The van der Waals surface area contributed by atoms with Crippen LogP contribution in [0.1, 0.15) is 35.2 Å². The molecule has 2 N–H and O–H groups in total. The van der Waals surface area contributed by atoms with E-state index in [1.54, 1.807) is 12.1 Å². The zero-order valence-corrected chi connectivity index (χ0v) is 18.1. The van der Waals surface area contributed by atoms with Crippen LogP contribution in [0.3, 0.4) is 0 Å². The summed E-state index contributed by atoms with van der Waals surface area (Å²) in [5, 5.41) is 14.6. The van der Waals surface area contributed by atoms with Crippen LogP contribution in [0.15, 0.2) is 65.1 Å². The maximum atomic E-state index is 12.5. The predicted molar refractivity (Wildman–Crippen MR) is 122 cm³/mol. The minimum Gasteiger partial charge on any atom is -0.478 e. The van der Waals surface area contributed by atoms with E-state index in [2.05, 4.69) is 62.5 Å². The molecule has 0 atom stereocenters. The monoisotopic (exact) mass is 466 g/mol. The topological polar surface area (TPSA) is 69.6 Å². The largest absolute Gasteiger partial charge is 0.478 e. The standard InChI is InChI=1S/C24H23BrN2O3/c25-18-8-11-22(21(14-18)24(29)30)26-23(28)12-13-27(19-9-10-19)15-17-6-3-5-16-4-1-2-7-20(16)17/h1-8,11,14,19H,9-10,12-13,15H2,(H,26,28)(H,29,30). The van der Waals surface area contributed by atoms with Crippen LogP contribution in [-0.4, -0.2) is 34.5 Å². The Morgan fingerprint density at radius 3 is 2.60 bits per heavy atom. The molecule has 0 bridgehead atoms. The van der Waals surface area contributed by atoms with Crippen molar-refractivity contribution in [2.75, 3.05) is 11.9 Å². The summed E-state index contributed by atoms with van der Waals surface area (Å²) in [6.07, 6.45) is 2.63. The number of amides is 1. The van der Waals surface area contributed by atoms with Gasteiger partial charge in [-0.15, -0.1) is 0 Å². The van der Waals surface area contributed by atoms with Crippen LogP contribution in [0.2, 0.25) is 0 Å². The summed E-state index contributed by atoms with van der Waals surface area (Å²) < 4.78 is 0.660. The molecule has 0 aliphatic heterocycles. The van der Waals surface area contributed by atoms with Gasteiger partial charge >= 0.3 is 5.97 Å². The Bertz CT molecular complexity index is 1090. The molecule has 154 valence electrons. The molecule has 0 aromatic heterocycles. The summed E-state index contributed by atoms with van der Waals surface area (Å²) >= 11 is 3.27. The van der Waals surface area contributed by atoms with E-state index in [0.717, 1.165) is 19.4 Å². The van der Waals surface area contributed by atoms with Gasteiger partial charge in [0.15, 0.2) is 0 Å². The first-order valence-electron chi connectivity index (χ1n) is 10.0. The van der Waals surface area contributed by atoms with Gasteiger partial charge in [-0.05, 0) is 47.4 Å². The molecule has 1 saturated carbocycles. The summed E-state index contributed by atoms with van der Waals surface area (Å²) in [6.45, 7) is 1.44. The molecule has 3 aromatic rings. The van der Waals surface area contributed by atoms with Crippen molar-refractivity contribution in [3.05, 3.63) is 76.3 Å². The second kappa shape index (κ2) is 8.98. The zero-order chi connectivity index (χ0) is 21.1. The minimum atomic E-state index is -1.07. The number of rotatable bonds is 8. The molecule has 5 nitrogen and oxygen atoms in total. The maximum absolute atomic E-state index is 12.5. The highest BCUT2D eigenvalue weighted by molar-refractivity contribution is 9.10. The van der Waals surface area contributed by atoms with Crippen molar-refractivity contribution in [3.63, 3.8) is 0 Å². The molecule has 30 heavy (non-hydrogen) atoms. The second-order valence-corrected chi connectivity index (χ2v) is 8.55. The second-order valence-electron chi connectivity index (χ2n) is 7.63. The minimum absolute atomic E-state index is 0.0764. The third-order valence-electron chi connectivity index (χ3n) is 5.43. The highest BCUT2D eigenvalue weighted by Gasteiger charge is 2.29. The van der Waals surface area contributed by atoms with Crippen molar-refractivity contribution in [2.24, 2.45) is 0 Å². The number of nitrogens with zero attached hydrogens (tertiary/aromatic N) is 1. The predicted octanol–water partition coefficient (Wildman–Crippen LogP) is 5.29. The van der Waals surface area contributed by atoms with Gasteiger partial charge in [-0.1, -0.05) is 58.4 Å². The van der Waals surface area contributed by atoms with Gasteiger partial charge in [0.25, 0.3) is 0 Å². The van der Waals surface area contributed by atoms with Crippen molar-refractivity contribution >= 4 is 44.3 Å². The SMILES string of the molecule is O=C(CCN(Cc1cccc2ccccc12)C1CC1)Nc1ccc(Br)cc1C(=O)O. The van der Waals surface area contributed by atoms with Gasteiger partial charge in [0, 0.05) is 30.0 Å². The van der Waals surface area contributed by atoms with Crippen LogP contribution in [0.5, 0.6) is 0 Å². The highest BCUT2D eigenvalue weighted by Crippen LogP contribution is 2.30. The van der Waals surface area contributed by atoms with Gasteiger partial charge < -0.3 is 10.4 Å². The van der Waals surface area contributed by atoms with E-state index in [1.165, 1.54) is 22.4 Å². The first-order valence-corrected chi connectivity index (χ1v) is 10.8. The average Bonchev–Trinajstić information content (AvgIpc) is 3.57. The fourth-order valence-electron chi connectivity index (χ4n) is 3.74. The van der Waals surface area contributed by atoms with Gasteiger partial charge in [0.2, 0.25) is 5.91 Å². The van der Waals surface area contributed by atoms with Crippen molar-refractivity contribution in [1.82, 2.24) is 4.90 Å². The van der Waals surface area contributed by atoms with E-state index < -0.39 is 5.97 Å². The number of hydrogen-bond acceptors (Lipinski definition) is 3. The van der Waals surface area contributed by atoms with Gasteiger partial charge in [0.1, 0.15) is 0 Å². The molecule has 0 heterocycles. The van der Waals surface area contributed by atoms with Crippen LogP contribution in [0.4, 0.5) is 5.69 Å². The summed E-state index contributed by atoms with van der Waals surface area (Å²) in [5.74, 6) is -1.24. The number of carboxylic acid groups (broad SMARTS) is 1. The quantitative estimate of drug-likeness (QED) is 0.472. The molecule has 3 aromatic carbocycles. The number of anilines is 1. The van der Waals surface area contributed by atoms with E-state index in [4.69, 9.17) is 0 Å². The van der Waals surface area contributed by atoms with E-state index in [-0.39, 0.29) is 11.5 Å². The van der Waals surface area contributed by atoms with E-state index in [0.29, 0.717) is 29.2 Å². The van der Waals surface area contributed by atoms with Crippen molar-refractivity contribution in [3.8, 4) is 0 Å². The fourth-order valence-corrected chi connectivity index (χ4v) is 4.10. The summed E-state index contributed by atoms with van der Waals surface area (Å²) in [5.41, 5.74) is 1.66. The van der Waals surface area contributed by atoms with Crippen LogP contribution < -0.4 is 5.32 Å². The van der Waals surface area contributed by atoms with Gasteiger partial charge in [-0.2, -0.15) is 0 Å². The molecule has 1 fully saturated rings. The van der Waals surface area contributed by atoms with Crippen molar-refractivity contribution in [2.45, 2.75) is 31.8 Å². The number of hydrogen-bond donors (Lipinski definition) is 2. The average molecular weight is 467 g/mol. The van der Waals surface area contributed by atoms with Gasteiger partial charge in [-0.25, -0.2) is 4.79 Å². The van der Waals surface area contributed by atoms with E-state index in [9.17, 15) is 14.7 Å². The molecule has 0 saturated heterocycles. The summed E-state index contributed by atoms with van der Waals surface area (Å²) in [7, 11) is 0. The number of carbonyl (C=O) groups excluding carboxylic acids is 1. The lowest BCUT2D eigenvalue weighted by molar-refractivity contribution is -0.116. The van der Waals surface area contributed by atoms with E-state index >= 15 is 0 Å². The van der Waals surface area contributed by atoms with E-state index in [1.807, 2.05) is 6.07 Å². The number of fused-ring (bicyclic) bond motifs is 1. The third kappa shape index (κ3) is 4.89. The Balaban J connectivity index is 1.42. The van der Waals surface area contributed by atoms with Gasteiger partial charge in [-0.3, -0.25) is 9.69 Å². The number of benzene rings is 3. The molecule has 0 radical (unpaired) electrons. The Hall–Kier alpha value is -2.70. The first-order chi connectivity index (χ1) is 14.5. The lowest BCUT2D eigenvalue weighted by Gasteiger charge is -2.23. The number of carbonyl (C=O) groups is 2. The summed E-state index contributed by atoms with van der Waals surface area (Å²) in [4.78, 5) is 26.4. The Morgan fingerprint density at radius 1 is 1.07 bits per heavy atom. The molecule has 6 heteroatoms. The fraction of sp³-hybridized carbons (Fsp3) is 0.250. The normalized spacial score (nSPS) is 13.5. The number of halogens is 1. The maximum Gasteiger partial charge on any atom is 0.337 e. The lowest BCUT2D eigenvalue weighted by Crippen LogP contribution is -2.29. The number of nitrogens with one attached hydrogen (secondary N) is 1. The first kappa shape index (κ1) is 20.6. The number of carboxylic acids is 1. The highest BCUT2D eigenvalue weighted by atomic mass is 79.9. The lowest BCUT2D eigenvalue weighted by atomic mass is 10.0. The van der Waals surface area contributed by atoms with Crippen molar-refractivity contribution in [1.29, 1.82) is 0 Å². The Morgan fingerprint density at radius 2 is 1.83 bits per heavy atom. The van der Waals surface area contributed by atoms with Crippen LogP contribution in [0.25, 0.3) is 10.8 Å². The number of aromatic carboxylic acids is 1. The molecule has 1 amide bonds. The molecular weight excluding hydrogens is 444 g/mol. The van der Waals surface area contributed by atoms with Crippen molar-refractivity contribution < 1.29 is 14.7 Å². The van der Waals surface area contributed by atoms with Gasteiger partial charge in [0.05, 0.1) is 11.3 Å². The van der Waals surface area contributed by atoms with Crippen LogP contribution >= 0.6 is 15.9 Å². The molecule has 1 aliphatic rings. The Labute approximate surface area is 183 Å². The van der Waals surface area contributed by atoms with Crippen LogP contribution in [0, 0.1) is 0 Å². The molecule has 1 aliphatic carbocycles. The summed E-state index contributed by atoms with van der Waals surface area (Å²) in [6, 6.07) is 20.0. The smallest absolute Gasteiger partial charge is 0.337 e. The Kier molecular flexibility index (Phi) is 6.16. The molecule has 0 unspecified atom stereocenters.